The zero-order chi connectivity index (χ0) is 14.4. The van der Waals surface area contributed by atoms with Crippen LogP contribution in [-0.4, -0.2) is 43.9 Å². The van der Waals surface area contributed by atoms with Crippen LogP contribution >= 0.6 is 0 Å². The maximum atomic E-state index is 11.9. The van der Waals surface area contributed by atoms with Gasteiger partial charge in [-0.05, 0) is 37.8 Å². The van der Waals surface area contributed by atoms with E-state index in [0.29, 0.717) is 26.2 Å². The SMILES string of the molecule is Cc1ccc(NCCCNS(=O)(=O)N2CCCC2)nc1. The van der Waals surface area contributed by atoms with Crippen molar-refractivity contribution in [3.05, 3.63) is 23.9 Å². The van der Waals surface area contributed by atoms with Crippen LogP contribution < -0.4 is 10.0 Å². The Bertz CT molecular complexity index is 510. The molecular weight excluding hydrogens is 276 g/mol. The molecule has 0 spiro atoms. The summed E-state index contributed by atoms with van der Waals surface area (Å²) in [5, 5.41) is 3.17. The van der Waals surface area contributed by atoms with Gasteiger partial charge < -0.3 is 5.32 Å². The van der Waals surface area contributed by atoms with Gasteiger partial charge in [-0.25, -0.2) is 9.71 Å². The minimum absolute atomic E-state index is 0.442. The van der Waals surface area contributed by atoms with Crippen LogP contribution in [0.1, 0.15) is 24.8 Å². The lowest BCUT2D eigenvalue weighted by Gasteiger charge is -2.16. The summed E-state index contributed by atoms with van der Waals surface area (Å²) in [5.74, 6) is 0.818. The molecule has 2 heterocycles. The van der Waals surface area contributed by atoms with Gasteiger partial charge >= 0.3 is 0 Å². The summed E-state index contributed by atoms with van der Waals surface area (Å²) in [6.45, 7) is 4.40. The summed E-state index contributed by atoms with van der Waals surface area (Å²) >= 11 is 0. The van der Waals surface area contributed by atoms with Crippen LogP contribution in [0.4, 0.5) is 5.82 Å². The van der Waals surface area contributed by atoms with Crippen molar-refractivity contribution in [2.24, 2.45) is 0 Å². The first-order valence-corrected chi connectivity index (χ1v) is 8.43. The van der Waals surface area contributed by atoms with Gasteiger partial charge in [-0.2, -0.15) is 12.7 Å². The Balaban J connectivity index is 1.65. The van der Waals surface area contributed by atoms with Crippen molar-refractivity contribution >= 4 is 16.0 Å². The highest BCUT2D eigenvalue weighted by Gasteiger charge is 2.24. The molecule has 20 heavy (non-hydrogen) atoms. The summed E-state index contributed by atoms with van der Waals surface area (Å²) in [5.41, 5.74) is 1.12. The molecule has 0 unspecified atom stereocenters. The highest BCUT2D eigenvalue weighted by Crippen LogP contribution is 2.11. The van der Waals surface area contributed by atoms with Gasteiger partial charge in [0, 0.05) is 32.4 Å². The molecule has 0 aromatic carbocycles. The molecule has 7 heteroatoms. The topological polar surface area (TPSA) is 74.3 Å². The number of pyridine rings is 1. The molecule has 1 fully saturated rings. The second-order valence-corrected chi connectivity index (χ2v) is 6.76. The van der Waals surface area contributed by atoms with Crippen molar-refractivity contribution in [1.29, 1.82) is 0 Å². The minimum Gasteiger partial charge on any atom is -0.370 e. The Labute approximate surface area is 120 Å². The van der Waals surface area contributed by atoms with Crippen LogP contribution in [0.3, 0.4) is 0 Å². The second kappa shape index (κ2) is 7.01. The first kappa shape index (κ1) is 15.2. The Hall–Kier alpha value is -1.18. The van der Waals surface area contributed by atoms with Gasteiger partial charge in [0.15, 0.2) is 0 Å². The van der Waals surface area contributed by atoms with E-state index in [1.54, 1.807) is 6.20 Å². The third-order valence-corrected chi connectivity index (χ3v) is 4.87. The van der Waals surface area contributed by atoms with Crippen molar-refractivity contribution in [3.8, 4) is 0 Å². The minimum atomic E-state index is -3.27. The van der Waals surface area contributed by atoms with Gasteiger partial charge in [0.05, 0.1) is 0 Å². The molecular formula is C13H22N4O2S. The Morgan fingerprint density at radius 1 is 1.25 bits per heavy atom. The van der Waals surface area contributed by atoms with Crippen molar-refractivity contribution in [2.45, 2.75) is 26.2 Å². The van der Waals surface area contributed by atoms with E-state index in [1.165, 1.54) is 4.31 Å². The molecule has 1 saturated heterocycles. The molecule has 0 atom stereocenters. The average Bonchev–Trinajstić information content (AvgIpc) is 2.95. The van der Waals surface area contributed by atoms with Crippen LogP contribution in [0.5, 0.6) is 0 Å². The summed E-state index contributed by atoms with van der Waals surface area (Å²) in [7, 11) is -3.27. The van der Waals surface area contributed by atoms with Crippen LogP contribution in [0, 0.1) is 6.92 Å². The molecule has 0 radical (unpaired) electrons. The molecule has 2 N–H and O–H groups in total. The first-order chi connectivity index (χ1) is 9.58. The molecule has 1 aliphatic rings. The van der Waals surface area contributed by atoms with E-state index < -0.39 is 10.2 Å². The third-order valence-electron chi connectivity index (χ3n) is 3.26. The van der Waals surface area contributed by atoms with Gasteiger partial charge in [0.1, 0.15) is 5.82 Å². The predicted molar refractivity (Wildman–Crippen MR) is 79.8 cm³/mol. The zero-order valence-electron chi connectivity index (χ0n) is 11.8. The molecule has 1 aliphatic heterocycles. The first-order valence-electron chi connectivity index (χ1n) is 6.99. The van der Waals surface area contributed by atoms with Gasteiger partial charge in [0.2, 0.25) is 0 Å². The number of aryl methyl sites for hydroxylation is 1. The number of nitrogens with one attached hydrogen (secondary N) is 2. The fourth-order valence-electron chi connectivity index (χ4n) is 2.10. The molecule has 2 rings (SSSR count). The molecule has 0 amide bonds. The normalized spacial score (nSPS) is 16.4. The quantitative estimate of drug-likeness (QED) is 0.740. The van der Waals surface area contributed by atoms with Gasteiger partial charge in [-0.1, -0.05) is 6.07 Å². The highest BCUT2D eigenvalue weighted by atomic mass is 32.2. The molecule has 112 valence electrons. The van der Waals surface area contributed by atoms with Crippen molar-refractivity contribution in [2.75, 3.05) is 31.5 Å². The number of hydrogen-bond acceptors (Lipinski definition) is 4. The van der Waals surface area contributed by atoms with E-state index in [2.05, 4.69) is 15.0 Å². The third kappa shape index (κ3) is 4.43. The molecule has 1 aromatic heterocycles. The molecule has 1 aromatic rings. The van der Waals surface area contributed by atoms with E-state index in [4.69, 9.17) is 0 Å². The van der Waals surface area contributed by atoms with Crippen molar-refractivity contribution < 1.29 is 8.42 Å². The largest absolute Gasteiger partial charge is 0.370 e. The number of rotatable bonds is 7. The molecule has 6 nitrogen and oxygen atoms in total. The number of aromatic nitrogens is 1. The molecule has 0 saturated carbocycles. The van der Waals surface area contributed by atoms with Crippen molar-refractivity contribution in [3.63, 3.8) is 0 Å². The Kier molecular flexibility index (Phi) is 5.33. The monoisotopic (exact) mass is 298 g/mol. The lowest BCUT2D eigenvalue weighted by molar-refractivity contribution is 0.464. The average molecular weight is 298 g/mol. The van der Waals surface area contributed by atoms with Crippen LogP contribution in [0.2, 0.25) is 0 Å². The second-order valence-electron chi connectivity index (χ2n) is 5.01. The van der Waals surface area contributed by atoms with E-state index in [1.807, 2.05) is 19.1 Å². The fraction of sp³-hybridized carbons (Fsp3) is 0.615. The summed E-state index contributed by atoms with van der Waals surface area (Å²) in [6, 6.07) is 3.91. The van der Waals surface area contributed by atoms with Gasteiger partial charge in [-0.15, -0.1) is 0 Å². The number of anilines is 1. The molecule has 0 aliphatic carbocycles. The fourth-order valence-corrected chi connectivity index (χ4v) is 3.42. The van der Waals surface area contributed by atoms with Crippen molar-refractivity contribution in [1.82, 2.24) is 14.0 Å². The lowest BCUT2D eigenvalue weighted by Crippen LogP contribution is -2.39. The summed E-state index contributed by atoms with van der Waals surface area (Å²) in [4.78, 5) is 4.23. The number of nitrogens with zero attached hydrogens (tertiary/aromatic N) is 2. The maximum Gasteiger partial charge on any atom is 0.279 e. The van der Waals surface area contributed by atoms with Crippen LogP contribution in [-0.2, 0) is 10.2 Å². The highest BCUT2D eigenvalue weighted by molar-refractivity contribution is 7.87. The van der Waals surface area contributed by atoms with Crippen LogP contribution in [0.15, 0.2) is 18.3 Å². The molecule has 0 bridgehead atoms. The van der Waals surface area contributed by atoms with Gasteiger partial charge in [0.25, 0.3) is 10.2 Å². The zero-order valence-corrected chi connectivity index (χ0v) is 12.6. The lowest BCUT2D eigenvalue weighted by atomic mass is 10.3. The van der Waals surface area contributed by atoms with Crippen LogP contribution in [0.25, 0.3) is 0 Å². The standard InChI is InChI=1S/C13H22N4O2S/c1-12-5-6-13(15-11-12)14-7-4-8-16-20(18,19)17-9-2-3-10-17/h5-6,11,16H,2-4,7-10H2,1H3,(H,14,15). The smallest absolute Gasteiger partial charge is 0.279 e. The van der Waals surface area contributed by atoms with E-state index >= 15 is 0 Å². The Morgan fingerprint density at radius 2 is 2.00 bits per heavy atom. The predicted octanol–water partition coefficient (Wildman–Crippen LogP) is 1.12. The Morgan fingerprint density at radius 3 is 2.65 bits per heavy atom. The van der Waals surface area contributed by atoms with E-state index in [9.17, 15) is 8.42 Å². The van der Waals surface area contributed by atoms with Gasteiger partial charge in [-0.3, -0.25) is 0 Å². The van der Waals surface area contributed by atoms with E-state index in [0.717, 1.165) is 30.6 Å². The number of hydrogen-bond donors (Lipinski definition) is 2. The maximum absolute atomic E-state index is 11.9. The summed E-state index contributed by atoms with van der Waals surface area (Å²) in [6.07, 6.45) is 4.45. The van der Waals surface area contributed by atoms with E-state index in [-0.39, 0.29) is 0 Å². The summed E-state index contributed by atoms with van der Waals surface area (Å²) < 4.78 is 27.9.